The normalized spacial score (nSPS) is 14.5. The third-order valence-corrected chi connectivity index (χ3v) is 3.15. The van der Waals surface area contributed by atoms with Gasteiger partial charge < -0.3 is 9.73 Å². The number of rotatable bonds is 5. The van der Waals surface area contributed by atoms with Crippen LogP contribution in [0.4, 0.5) is 0 Å². The van der Waals surface area contributed by atoms with Gasteiger partial charge in [0.05, 0.1) is 12.5 Å². The maximum atomic E-state index is 5.19. The van der Waals surface area contributed by atoms with Crippen LogP contribution in [-0.4, -0.2) is 6.54 Å². The van der Waals surface area contributed by atoms with Gasteiger partial charge in [-0.1, -0.05) is 44.2 Å². The van der Waals surface area contributed by atoms with Crippen molar-refractivity contribution >= 4 is 0 Å². The highest BCUT2D eigenvalue weighted by atomic mass is 16.3. The molecule has 0 fully saturated rings. The summed E-state index contributed by atoms with van der Waals surface area (Å²) in [4.78, 5) is 0. The zero-order chi connectivity index (χ0) is 12.1. The topological polar surface area (TPSA) is 25.2 Å². The van der Waals surface area contributed by atoms with Crippen LogP contribution in [-0.2, 0) is 0 Å². The minimum Gasteiger partial charge on any atom is -0.472 e. The number of likely N-dealkylation sites (N-methyl/N-ethyl adjacent to an activating group) is 1. The van der Waals surface area contributed by atoms with Crippen molar-refractivity contribution in [1.82, 2.24) is 5.32 Å². The molecule has 2 aromatic rings. The van der Waals surface area contributed by atoms with E-state index in [9.17, 15) is 0 Å². The summed E-state index contributed by atoms with van der Waals surface area (Å²) in [6, 6.07) is 12.9. The van der Waals surface area contributed by atoms with Crippen LogP contribution in [0, 0.1) is 0 Å². The molecular weight excluding hydrogens is 210 g/mol. The van der Waals surface area contributed by atoms with E-state index in [4.69, 9.17) is 4.42 Å². The summed E-state index contributed by atoms with van der Waals surface area (Å²) in [6.07, 6.45) is 3.56. The minimum absolute atomic E-state index is 0.307. The lowest BCUT2D eigenvalue weighted by Crippen LogP contribution is -2.25. The van der Waals surface area contributed by atoms with Crippen molar-refractivity contribution in [3.8, 4) is 0 Å². The van der Waals surface area contributed by atoms with Crippen LogP contribution in [0.2, 0.25) is 0 Å². The van der Waals surface area contributed by atoms with Crippen molar-refractivity contribution < 1.29 is 4.42 Å². The minimum atomic E-state index is 0.307. The van der Waals surface area contributed by atoms with Crippen LogP contribution in [0.1, 0.15) is 36.9 Å². The van der Waals surface area contributed by atoms with Gasteiger partial charge in [-0.2, -0.15) is 0 Å². The second-order valence-corrected chi connectivity index (χ2v) is 4.29. The number of hydrogen-bond acceptors (Lipinski definition) is 2. The number of hydrogen-bond donors (Lipinski definition) is 1. The molecule has 0 amide bonds. The van der Waals surface area contributed by atoms with Gasteiger partial charge >= 0.3 is 0 Å². The van der Waals surface area contributed by atoms with Crippen molar-refractivity contribution in [2.45, 2.75) is 25.8 Å². The molecule has 1 N–H and O–H groups in total. The quantitative estimate of drug-likeness (QED) is 0.845. The molecule has 0 radical (unpaired) electrons. The maximum absolute atomic E-state index is 5.19. The molecule has 2 rings (SSSR count). The molecule has 90 valence electrons. The summed E-state index contributed by atoms with van der Waals surface area (Å²) in [7, 11) is 0. The molecule has 1 heterocycles. The average Bonchev–Trinajstić information content (AvgIpc) is 2.90. The SMILES string of the molecule is CCNC(c1ccoc1)C(C)c1ccccc1. The first-order valence-electron chi connectivity index (χ1n) is 6.13. The zero-order valence-corrected chi connectivity index (χ0v) is 10.4. The van der Waals surface area contributed by atoms with E-state index in [1.54, 1.807) is 6.26 Å². The van der Waals surface area contributed by atoms with Gasteiger partial charge in [-0.05, 0) is 18.2 Å². The van der Waals surface area contributed by atoms with E-state index in [-0.39, 0.29) is 0 Å². The fourth-order valence-electron chi connectivity index (χ4n) is 2.20. The highest BCUT2D eigenvalue weighted by Crippen LogP contribution is 2.30. The second-order valence-electron chi connectivity index (χ2n) is 4.29. The molecule has 0 saturated carbocycles. The fourth-order valence-corrected chi connectivity index (χ4v) is 2.20. The molecule has 17 heavy (non-hydrogen) atoms. The Morgan fingerprint density at radius 2 is 1.88 bits per heavy atom. The van der Waals surface area contributed by atoms with Crippen molar-refractivity contribution in [2.24, 2.45) is 0 Å². The van der Waals surface area contributed by atoms with E-state index in [1.807, 2.05) is 12.3 Å². The molecule has 0 bridgehead atoms. The van der Waals surface area contributed by atoms with E-state index in [1.165, 1.54) is 11.1 Å². The lowest BCUT2D eigenvalue weighted by atomic mass is 9.90. The largest absolute Gasteiger partial charge is 0.472 e. The molecule has 1 aromatic carbocycles. The predicted molar refractivity (Wildman–Crippen MR) is 70.0 cm³/mol. The molecule has 0 saturated heterocycles. The lowest BCUT2D eigenvalue weighted by molar-refractivity contribution is 0.470. The van der Waals surface area contributed by atoms with E-state index in [0.717, 1.165) is 6.54 Å². The molecule has 0 aliphatic rings. The van der Waals surface area contributed by atoms with Crippen LogP contribution in [0.25, 0.3) is 0 Å². The Morgan fingerprint density at radius 3 is 2.47 bits per heavy atom. The Balaban J connectivity index is 2.22. The molecular formula is C15H19NO. The highest BCUT2D eigenvalue weighted by Gasteiger charge is 2.20. The number of nitrogens with one attached hydrogen (secondary N) is 1. The van der Waals surface area contributed by atoms with E-state index >= 15 is 0 Å². The fraction of sp³-hybridized carbons (Fsp3) is 0.333. The molecule has 0 aliphatic carbocycles. The van der Waals surface area contributed by atoms with Crippen LogP contribution in [0.5, 0.6) is 0 Å². The number of benzene rings is 1. The van der Waals surface area contributed by atoms with Crippen LogP contribution in [0.3, 0.4) is 0 Å². The van der Waals surface area contributed by atoms with Crippen LogP contribution >= 0.6 is 0 Å². The first kappa shape index (κ1) is 11.9. The van der Waals surface area contributed by atoms with Gasteiger partial charge in [0, 0.05) is 17.5 Å². The maximum Gasteiger partial charge on any atom is 0.0950 e. The first-order chi connectivity index (χ1) is 8.33. The van der Waals surface area contributed by atoms with Crippen LogP contribution < -0.4 is 5.32 Å². The van der Waals surface area contributed by atoms with Gasteiger partial charge in [-0.3, -0.25) is 0 Å². The summed E-state index contributed by atoms with van der Waals surface area (Å²) < 4.78 is 5.19. The van der Waals surface area contributed by atoms with E-state index in [0.29, 0.717) is 12.0 Å². The summed E-state index contributed by atoms with van der Waals surface area (Å²) in [5, 5.41) is 3.52. The smallest absolute Gasteiger partial charge is 0.0950 e. The zero-order valence-electron chi connectivity index (χ0n) is 10.4. The van der Waals surface area contributed by atoms with Gasteiger partial charge in [0.25, 0.3) is 0 Å². The molecule has 1 aromatic heterocycles. The molecule has 2 unspecified atom stereocenters. The Hall–Kier alpha value is -1.54. The lowest BCUT2D eigenvalue weighted by Gasteiger charge is -2.24. The number of furan rings is 1. The summed E-state index contributed by atoms with van der Waals surface area (Å²) in [5.41, 5.74) is 2.56. The van der Waals surface area contributed by atoms with Gasteiger partial charge in [0.2, 0.25) is 0 Å². The second kappa shape index (κ2) is 5.69. The third kappa shape index (κ3) is 2.77. The standard InChI is InChI=1S/C15H19NO/c1-3-16-15(14-9-10-17-11-14)12(2)13-7-5-4-6-8-13/h4-12,15-16H,3H2,1-2H3. The van der Waals surface area contributed by atoms with Crippen LogP contribution in [0.15, 0.2) is 53.3 Å². The van der Waals surface area contributed by atoms with Crippen molar-refractivity contribution in [3.05, 3.63) is 60.1 Å². The van der Waals surface area contributed by atoms with Gasteiger partial charge in [-0.15, -0.1) is 0 Å². The Morgan fingerprint density at radius 1 is 1.12 bits per heavy atom. The summed E-state index contributed by atoms with van der Waals surface area (Å²) >= 11 is 0. The predicted octanol–water partition coefficient (Wildman–Crippen LogP) is 3.73. The molecule has 2 atom stereocenters. The summed E-state index contributed by atoms with van der Waals surface area (Å²) in [5.74, 6) is 0.425. The van der Waals surface area contributed by atoms with E-state index < -0.39 is 0 Å². The van der Waals surface area contributed by atoms with Crippen molar-refractivity contribution in [3.63, 3.8) is 0 Å². The summed E-state index contributed by atoms with van der Waals surface area (Å²) in [6.45, 7) is 5.33. The molecule has 2 heteroatoms. The third-order valence-electron chi connectivity index (χ3n) is 3.15. The Bertz CT molecular complexity index is 421. The monoisotopic (exact) mass is 229 g/mol. The molecule has 0 aliphatic heterocycles. The first-order valence-corrected chi connectivity index (χ1v) is 6.13. The average molecular weight is 229 g/mol. The Kier molecular flexibility index (Phi) is 3.99. The Labute approximate surface area is 103 Å². The van der Waals surface area contributed by atoms with E-state index in [2.05, 4.69) is 49.5 Å². The van der Waals surface area contributed by atoms with Gasteiger partial charge in [0.1, 0.15) is 0 Å². The van der Waals surface area contributed by atoms with Crippen molar-refractivity contribution in [1.29, 1.82) is 0 Å². The molecule has 0 spiro atoms. The highest BCUT2D eigenvalue weighted by molar-refractivity contribution is 5.25. The van der Waals surface area contributed by atoms with Gasteiger partial charge in [-0.25, -0.2) is 0 Å². The molecule has 2 nitrogen and oxygen atoms in total. The van der Waals surface area contributed by atoms with Gasteiger partial charge in [0.15, 0.2) is 0 Å². The van der Waals surface area contributed by atoms with Crippen molar-refractivity contribution in [2.75, 3.05) is 6.54 Å².